The Kier molecular flexibility index (Phi) is 8.54. The zero-order chi connectivity index (χ0) is 30.0. The number of carbonyl (C=O) groups excluding carboxylic acids is 1. The molecule has 1 aliphatic rings. The normalized spacial score (nSPS) is 14.6. The third kappa shape index (κ3) is 6.43. The first-order chi connectivity index (χ1) is 20.0. The van der Waals surface area contributed by atoms with Gasteiger partial charge in [-0.3, -0.25) is 24.3 Å². The highest BCUT2D eigenvalue weighted by molar-refractivity contribution is 5.95. The van der Waals surface area contributed by atoms with Gasteiger partial charge in [-0.25, -0.2) is 4.68 Å². The molecule has 0 amide bonds. The summed E-state index contributed by atoms with van der Waals surface area (Å²) < 4.78 is 3.71. The van der Waals surface area contributed by atoms with Crippen LogP contribution < -0.4 is 4.90 Å². The lowest BCUT2D eigenvalue weighted by molar-refractivity contribution is 0.0986. The van der Waals surface area contributed by atoms with Crippen LogP contribution in [0.1, 0.15) is 75.4 Å². The van der Waals surface area contributed by atoms with Crippen LogP contribution in [0.4, 0.5) is 5.69 Å². The van der Waals surface area contributed by atoms with E-state index in [2.05, 4.69) is 77.7 Å². The monoisotopic (exact) mass is 569 g/mol. The minimum absolute atomic E-state index is 0.0247. The van der Waals surface area contributed by atoms with Gasteiger partial charge in [0, 0.05) is 62.3 Å². The van der Waals surface area contributed by atoms with E-state index < -0.39 is 0 Å². The summed E-state index contributed by atoms with van der Waals surface area (Å²) in [6, 6.07) is 6.60. The summed E-state index contributed by atoms with van der Waals surface area (Å²) >= 11 is 0. The number of aryl methyl sites for hydroxylation is 2. The van der Waals surface area contributed by atoms with Crippen molar-refractivity contribution >= 4 is 11.5 Å². The molecule has 4 aromatic rings. The summed E-state index contributed by atoms with van der Waals surface area (Å²) in [7, 11) is 0. The molecule has 0 radical (unpaired) electrons. The number of pyridine rings is 2. The number of anilines is 1. The molecule has 5 heterocycles. The van der Waals surface area contributed by atoms with E-state index in [1.165, 1.54) is 0 Å². The van der Waals surface area contributed by atoms with E-state index in [0.29, 0.717) is 11.7 Å². The minimum Gasteiger partial charge on any atom is -0.368 e. The van der Waals surface area contributed by atoms with Crippen LogP contribution >= 0.6 is 0 Å². The molecular weight excluding hydrogens is 526 g/mol. The smallest absolute Gasteiger partial charge is 0.187 e. The molecule has 0 aliphatic carbocycles. The summed E-state index contributed by atoms with van der Waals surface area (Å²) in [6.07, 6.45) is 9.50. The van der Waals surface area contributed by atoms with E-state index in [1.807, 2.05) is 42.3 Å². The number of hydrogen-bond donors (Lipinski definition) is 0. The minimum atomic E-state index is -0.190. The average Bonchev–Trinajstić information content (AvgIpc) is 3.63. The number of ketones is 1. The summed E-state index contributed by atoms with van der Waals surface area (Å²) in [4.78, 5) is 27.3. The van der Waals surface area contributed by atoms with Gasteiger partial charge in [0.05, 0.1) is 35.0 Å². The van der Waals surface area contributed by atoms with Crippen molar-refractivity contribution in [1.82, 2.24) is 39.6 Å². The van der Waals surface area contributed by atoms with Gasteiger partial charge < -0.3 is 4.90 Å². The van der Waals surface area contributed by atoms with E-state index >= 15 is 0 Å². The van der Waals surface area contributed by atoms with Gasteiger partial charge in [-0.2, -0.15) is 5.10 Å². The van der Waals surface area contributed by atoms with Gasteiger partial charge in [-0.1, -0.05) is 18.6 Å². The zero-order valence-electron chi connectivity index (χ0n) is 26.0. The Morgan fingerprint density at radius 1 is 1.02 bits per heavy atom. The molecule has 0 spiro atoms. The Labute approximate surface area is 248 Å². The Morgan fingerprint density at radius 2 is 1.79 bits per heavy atom. The van der Waals surface area contributed by atoms with Gasteiger partial charge in [0.25, 0.3) is 0 Å². The molecule has 10 nitrogen and oxygen atoms in total. The van der Waals surface area contributed by atoms with Crippen molar-refractivity contribution in [3.63, 3.8) is 0 Å². The van der Waals surface area contributed by atoms with Gasteiger partial charge in [-0.05, 0) is 71.7 Å². The molecule has 0 aromatic carbocycles. The number of nitrogens with zero attached hydrogens (tertiary/aromatic N) is 9. The van der Waals surface area contributed by atoms with Crippen LogP contribution in [0.3, 0.4) is 0 Å². The van der Waals surface area contributed by atoms with E-state index in [9.17, 15) is 4.79 Å². The van der Waals surface area contributed by atoms with Crippen LogP contribution in [0.25, 0.3) is 16.9 Å². The molecule has 5 rings (SSSR count). The number of rotatable bonds is 9. The Bertz CT molecular complexity index is 1540. The molecular formula is C32H43N9O. The topological polar surface area (TPSA) is 97.9 Å². The predicted octanol–water partition coefficient (Wildman–Crippen LogP) is 4.89. The Morgan fingerprint density at radius 3 is 2.48 bits per heavy atom. The van der Waals surface area contributed by atoms with Crippen molar-refractivity contribution in [2.75, 3.05) is 31.1 Å². The maximum atomic E-state index is 13.3. The predicted molar refractivity (Wildman–Crippen MR) is 165 cm³/mol. The van der Waals surface area contributed by atoms with Gasteiger partial charge >= 0.3 is 0 Å². The molecule has 42 heavy (non-hydrogen) atoms. The fourth-order valence-corrected chi connectivity index (χ4v) is 5.49. The van der Waals surface area contributed by atoms with Crippen molar-refractivity contribution in [3.8, 4) is 16.9 Å². The first-order valence-electron chi connectivity index (χ1n) is 15.0. The van der Waals surface area contributed by atoms with Gasteiger partial charge in [0.15, 0.2) is 5.78 Å². The fraction of sp³-hybridized carbons (Fsp3) is 0.500. The SMILES string of the molecule is CCCc1cc(C(=O)Cc2cnc(C)c(-n3cc(-c4cncc(N5CCN(C(C)C)CC5)c4)nn3)c2)nn1C(C)(C)C. The number of aromatic nitrogens is 7. The molecule has 1 aliphatic heterocycles. The first kappa shape index (κ1) is 29.6. The van der Waals surface area contributed by atoms with Gasteiger partial charge in [0.2, 0.25) is 0 Å². The van der Waals surface area contributed by atoms with Crippen molar-refractivity contribution in [2.24, 2.45) is 0 Å². The van der Waals surface area contributed by atoms with Crippen molar-refractivity contribution in [2.45, 2.75) is 79.3 Å². The van der Waals surface area contributed by atoms with Crippen LogP contribution in [-0.4, -0.2) is 77.6 Å². The summed E-state index contributed by atoms with van der Waals surface area (Å²) in [5.74, 6) is -0.0247. The average molecular weight is 570 g/mol. The molecule has 0 saturated carbocycles. The van der Waals surface area contributed by atoms with Crippen LogP contribution in [0.5, 0.6) is 0 Å². The number of hydrogen-bond acceptors (Lipinski definition) is 8. The van der Waals surface area contributed by atoms with Crippen molar-refractivity contribution in [3.05, 3.63) is 65.6 Å². The molecule has 10 heteroatoms. The molecule has 222 valence electrons. The van der Waals surface area contributed by atoms with Crippen LogP contribution in [0, 0.1) is 6.92 Å². The second-order valence-electron chi connectivity index (χ2n) is 12.5. The maximum Gasteiger partial charge on any atom is 0.187 e. The van der Waals surface area contributed by atoms with E-state index in [-0.39, 0.29) is 17.7 Å². The second kappa shape index (κ2) is 12.1. The van der Waals surface area contributed by atoms with Crippen molar-refractivity contribution in [1.29, 1.82) is 0 Å². The summed E-state index contributed by atoms with van der Waals surface area (Å²) in [5.41, 5.74) is 6.55. The lowest BCUT2D eigenvalue weighted by Gasteiger charge is -2.38. The number of carbonyl (C=O) groups is 1. The second-order valence-corrected chi connectivity index (χ2v) is 12.5. The molecule has 0 atom stereocenters. The molecule has 4 aromatic heterocycles. The first-order valence-corrected chi connectivity index (χ1v) is 15.0. The van der Waals surface area contributed by atoms with Crippen LogP contribution in [0.15, 0.2) is 43.0 Å². The van der Waals surface area contributed by atoms with E-state index in [4.69, 9.17) is 5.10 Å². The highest BCUT2D eigenvalue weighted by Gasteiger charge is 2.23. The quantitative estimate of drug-likeness (QED) is 0.263. The highest BCUT2D eigenvalue weighted by atomic mass is 16.1. The van der Waals surface area contributed by atoms with Gasteiger partial charge in [-0.15, -0.1) is 5.10 Å². The molecule has 0 unspecified atom stereocenters. The number of Topliss-reactive ketones (excluding diaryl/α,β-unsaturated/α-hetero) is 1. The Hall–Kier alpha value is -3.92. The molecule has 0 N–H and O–H groups in total. The standard InChI is InChI=1S/C32H43N9O/c1-8-9-26-17-28(36-41(26)32(5,6)7)31(42)15-24-14-30(23(4)34-18-24)40-21-29(35-37-40)25-16-27(20-33-19-25)39-12-10-38(11-13-39)22(2)3/h14,16-22H,8-13,15H2,1-7H3. The third-order valence-corrected chi connectivity index (χ3v) is 7.86. The molecule has 1 fully saturated rings. The lowest BCUT2D eigenvalue weighted by Crippen LogP contribution is -2.48. The van der Waals surface area contributed by atoms with Gasteiger partial charge in [0.1, 0.15) is 11.4 Å². The summed E-state index contributed by atoms with van der Waals surface area (Å²) in [5, 5.41) is 13.6. The molecule has 0 bridgehead atoms. The van der Waals surface area contributed by atoms with Crippen LogP contribution in [-0.2, 0) is 18.4 Å². The Balaban J connectivity index is 1.33. The van der Waals surface area contributed by atoms with Crippen LogP contribution in [0.2, 0.25) is 0 Å². The lowest BCUT2D eigenvalue weighted by atomic mass is 10.1. The third-order valence-electron chi connectivity index (χ3n) is 7.86. The largest absolute Gasteiger partial charge is 0.368 e. The highest BCUT2D eigenvalue weighted by Crippen LogP contribution is 2.25. The van der Waals surface area contributed by atoms with Crippen molar-refractivity contribution < 1.29 is 4.79 Å². The summed E-state index contributed by atoms with van der Waals surface area (Å²) in [6.45, 7) is 18.9. The maximum absolute atomic E-state index is 13.3. The zero-order valence-corrected chi connectivity index (χ0v) is 26.0. The van der Waals surface area contributed by atoms with E-state index in [1.54, 1.807) is 10.9 Å². The molecule has 1 saturated heterocycles. The fourth-order valence-electron chi connectivity index (χ4n) is 5.49. The van der Waals surface area contributed by atoms with E-state index in [0.717, 1.165) is 78.6 Å². The number of piperazine rings is 1.